The van der Waals surface area contributed by atoms with Gasteiger partial charge >= 0.3 is 6.61 Å². The van der Waals surface area contributed by atoms with Gasteiger partial charge in [0.25, 0.3) is 5.91 Å². The molecule has 0 saturated heterocycles. The maximum atomic E-state index is 12.6. The van der Waals surface area contributed by atoms with Gasteiger partial charge in [0.2, 0.25) is 0 Å². The van der Waals surface area contributed by atoms with E-state index >= 15 is 0 Å². The van der Waals surface area contributed by atoms with Crippen molar-refractivity contribution < 1.29 is 23.0 Å². The van der Waals surface area contributed by atoms with Gasteiger partial charge in [0.05, 0.1) is 13.2 Å². The summed E-state index contributed by atoms with van der Waals surface area (Å²) in [5.41, 5.74) is 1.21. The molecule has 0 atom stereocenters. The van der Waals surface area contributed by atoms with Gasteiger partial charge in [0, 0.05) is 11.8 Å². The van der Waals surface area contributed by atoms with Crippen LogP contribution >= 0.6 is 11.6 Å². The molecule has 6 nitrogen and oxygen atoms in total. The van der Waals surface area contributed by atoms with Gasteiger partial charge in [-0.2, -0.15) is 13.9 Å². The molecule has 1 heterocycles. The van der Waals surface area contributed by atoms with E-state index in [9.17, 15) is 13.6 Å². The van der Waals surface area contributed by atoms with E-state index in [4.69, 9.17) is 16.3 Å². The predicted octanol–water partition coefficient (Wildman–Crippen LogP) is 4.84. The highest BCUT2D eigenvalue weighted by atomic mass is 35.5. The van der Waals surface area contributed by atoms with Crippen molar-refractivity contribution >= 4 is 23.3 Å². The second kappa shape index (κ2) is 9.38. The van der Waals surface area contributed by atoms with E-state index in [1.807, 2.05) is 30.3 Å². The molecule has 0 saturated carbocycles. The van der Waals surface area contributed by atoms with Crippen LogP contribution in [-0.2, 0) is 6.54 Å². The summed E-state index contributed by atoms with van der Waals surface area (Å²) in [7, 11) is 0. The number of nitrogens with zero attached hydrogens (tertiary/aromatic N) is 2. The monoisotopic (exact) mass is 421 g/mol. The molecule has 9 heteroatoms. The Labute approximate surface area is 171 Å². The molecule has 0 aliphatic carbocycles. The number of hydrogen-bond acceptors (Lipinski definition) is 4. The highest BCUT2D eigenvalue weighted by molar-refractivity contribution is 6.33. The standard InChI is InChI=1S/C20H18ClF2N3O3/c1-2-28-17-10-14(8-9-16(17)29-20(22)23)19(27)24-18-15(21)12-26(25-18)11-13-6-4-3-5-7-13/h3-10,12,20H,2,11H2,1H3,(H,24,25,27). The number of nitrogens with one attached hydrogen (secondary N) is 1. The number of carbonyl (C=O) groups is 1. The molecule has 3 rings (SSSR count). The van der Waals surface area contributed by atoms with Gasteiger partial charge in [-0.15, -0.1) is 0 Å². The number of aromatic nitrogens is 2. The van der Waals surface area contributed by atoms with Gasteiger partial charge in [-0.3, -0.25) is 9.48 Å². The number of hydrogen-bond donors (Lipinski definition) is 1. The molecule has 0 aliphatic rings. The molecule has 3 aromatic rings. The van der Waals surface area contributed by atoms with Crippen LogP contribution in [0.5, 0.6) is 11.5 Å². The van der Waals surface area contributed by atoms with Crippen molar-refractivity contribution in [1.29, 1.82) is 0 Å². The van der Waals surface area contributed by atoms with Crippen LogP contribution in [0, 0.1) is 0 Å². The first-order valence-electron chi connectivity index (χ1n) is 8.76. The van der Waals surface area contributed by atoms with E-state index in [1.54, 1.807) is 17.8 Å². The molecule has 0 bridgehead atoms. The summed E-state index contributed by atoms with van der Waals surface area (Å²) in [5.74, 6) is -0.426. The lowest BCUT2D eigenvalue weighted by molar-refractivity contribution is -0.0514. The smallest absolute Gasteiger partial charge is 0.387 e. The summed E-state index contributed by atoms with van der Waals surface area (Å²) in [4.78, 5) is 12.6. The number of rotatable bonds is 8. The minimum absolute atomic E-state index is 0.0427. The number of anilines is 1. The lowest BCUT2D eigenvalue weighted by Crippen LogP contribution is -2.14. The molecule has 1 amide bonds. The molecule has 0 fully saturated rings. The van der Waals surface area contributed by atoms with Crippen LogP contribution < -0.4 is 14.8 Å². The largest absolute Gasteiger partial charge is 0.490 e. The average molecular weight is 422 g/mol. The topological polar surface area (TPSA) is 65.4 Å². The Bertz CT molecular complexity index is 980. The van der Waals surface area contributed by atoms with Crippen molar-refractivity contribution in [2.24, 2.45) is 0 Å². The van der Waals surface area contributed by atoms with Gasteiger partial charge in [-0.1, -0.05) is 41.9 Å². The number of halogens is 3. The first-order valence-corrected chi connectivity index (χ1v) is 9.14. The molecule has 152 valence electrons. The zero-order valence-electron chi connectivity index (χ0n) is 15.4. The molecule has 29 heavy (non-hydrogen) atoms. The Morgan fingerprint density at radius 1 is 1.21 bits per heavy atom. The molecule has 0 aliphatic heterocycles. The SMILES string of the molecule is CCOc1cc(C(=O)Nc2nn(Cc3ccccc3)cc2Cl)ccc1OC(F)F. The zero-order valence-corrected chi connectivity index (χ0v) is 16.2. The average Bonchev–Trinajstić information content (AvgIpc) is 3.02. The summed E-state index contributed by atoms with van der Waals surface area (Å²) < 4.78 is 36.3. The van der Waals surface area contributed by atoms with Gasteiger partial charge < -0.3 is 14.8 Å². The van der Waals surface area contributed by atoms with Crippen LogP contribution in [-0.4, -0.2) is 28.9 Å². The number of carbonyl (C=O) groups excluding carboxylic acids is 1. The van der Waals surface area contributed by atoms with E-state index in [0.717, 1.165) is 5.56 Å². The summed E-state index contributed by atoms with van der Waals surface area (Å²) >= 11 is 6.18. The lowest BCUT2D eigenvalue weighted by atomic mass is 10.2. The fourth-order valence-electron chi connectivity index (χ4n) is 2.62. The van der Waals surface area contributed by atoms with Gasteiger partial charge in [-0.25, -0.2) is 0 Å². The summed E-state index contributed by atoms with van der Waals surface area (Å²) in [6.45, 7) is -0.593. The fraction of sp³-hybridized carbons (Fsp3) is 0.200. The number of amides is 1. The minimum atomic E-state index is -3.00. The van der Waals surface area contributed by atoms with Crippen LogP contribution in [0.3, 0.4) is 0 Å². The van der Waals surface area contributed by atoms with E-state index in [1.165, 1.54) is 18.2 Å². The second-order valence-corrected chi connectivity index (χ2v) is 6.34. The molecular formula is C20H18ClF2N3O3. The number of ether oxygens (including phenoxy) is 2. The summed E-state index contributed by atoms with van der Waals surface area (Å²) in [6.07, 6.45) is 1.61. The third-order valence-electron chi connectivity index (χ3n) is 3.86. The Morgan fingerprint density at radius 2 is 1.97 bits per heavy atom. The second-order valence-electron chi connectivity index (χ2n) is 5.94. The maximum absolute atomic E-state index is 12.6. The van der Waals surface area contributed by atoms with Crippen molar-refractivity contribution in [3.8, 4) is 11.5 Å². The van der Waals surface area contributed by atoms with E-state index in [0.29, 0.717) is 6.54 Å². The molecule has 1 N–H and O–H groups in total. The Hall–Kier alpha value is -3.13. The van der Waals surface area contributed by atoms with Gasteiger partial charge in [0.1, 0.15) is 5.02 Å². The van der Waals surface area contributed by atoms with Crippen molar-refractivity contribution in [1.82, 2.24) is 9.78 Å². The van der Waals surface area contributed by atoms with Crippen LogP contribution in [0.1, 0.15) is 22.8 Å². The molecule has 0 radical (unpaired) electrons. The van der Waals surface area contributed by atoms with Gasteiger partial charge in [0.15, 0.2) is 17.3 Å². The van der Waals surface area contributed by atoms with Crippen molar-refractivity contribution in [3.63, 3.8) is 0 Å². The Kier molecular flexibility index (Phi) is 6.66. The molecule has 0 spiro atoms. The van der Waals surface area contributed by atoms with Crippen LogP contribution in [0.2, 0.25) is 5.02 Å². The number of benzene rings is 2. The first kappa shape index (κ1) is 20.6. The third kappa shape index (κ3) is 5.45. The Morgan fingerprint density at radius 3 is 2.66 bits per heavy atom. The highest BCUT2D eigenvalue weighted by Crippen LogP contribution is 2.30. The van der Waals surface area contributed by atoms with Crippen molar-refractivity contribution in [3.05, 3.63) is 70.9 Å². The van der Waals surface area contributed by atoms with Crippen LogP contribution in [0.4, 0.5) is 14.6 Å². The van der Waals surface area contributed by atoms with E-state index in [-0.39, 0.29) is 34.5 Å². The molecule has 0 unspecified atom stereocenters. The number of alkyl halides is 2. The zero-order chi connectivity index (χ0) is 20.8. The predicted molar refractivity (Wildman–Crippen MR) is 105 cm³/mol. The third-order valence-corrected chi connectivity index (χ3v) is 4.13. The lowest BCUT2D eigenvalue weighted by Gasteiger charge is -2.12. The molecule has 2 aromatic carbocycles. The highest BCUT2D eigenvalue weighted by Gasteiger charge is 2.17. The normalized spacial score (nSPS) is 10.8. The first-order chi connectivity index (χ1) is 14.0. The van der Waals surface area contributed by atoms with Crippen LogP contribution in [0.15, 0.2) is 54.7 Å². The molecular weight excluding hydrogens is 404 g/mol. The van der Waals surface area contributed by atoms with Crippen molar-refractivity contribution in [2.45, 2.75) is 20.1 Å². The summed E-state index contributed by atoms with van der Waals surface area (Å²) in [6, 6.07) is 13.6. The fourth-order valence-corrected chi connectivity index (χ4v) is 2.82. The van der Waals surface area contributed by atoms with Crippen LogP contribution in [0.25, 0.3) is 0 Å². The Balaban J connectivity index is 1.75. The van der Waals surface area contributed by atoms with Gasteiger partial charge in [-0.05, 0) is 30.7 Å². The van der Waals surface area contributed by atoms with E-state index < -0.39 is 12.5 Å². The maximum Gasteiger partial charge on any atom is 0.387 e. The van der Waals surface area contributed by atoms with Crippen molar-refractivity contribution in [2.75, 3.05) is 11.9 Å². The summed E-state index contributed by atoms with van der Waals surface area (Å²) in [5, 5.41) is 7.17. The van der Waals surface area contributed by atoms with E-state index in [2.05, 4.69) is 15.2 Å². The molecule has 1 aromatic heterocycles. The minimum Gasteiger partial charge on any atom is -0.490 e. The quantitative estimate of drug-likeness (QED) is 0.565.